The molecule has 0 aliphatic rings. The van der Waals surface area contributed by atoms with E-state index in [1.54, 1.807) is 12.1 Å². The lowest BCUT2D eigenvalue weighted by atomic mass is 10.0. The Morgan fingerprint density at radius 2 is 1.74 bits per heavy atom. The van der Waals surface area contributed by atoms with Crippen LogP contribution in [0.4, 0.5) is 0 Å². The van der Waals surface area contributed by atoms with Crippen LogP contribution in [0.1, 0.15) is 22.3 Å². The largest absolute Gasteiger partial charge is 0.268 e. The van der Waals surface area contributed by atoms with Gasteiger partial charge in [-0.05, 0) is 49.6 Å². The van der Waals surface area contributed by atoms with Crippen molar-refractivity contribution in [1.82, 2.24) is 9.78 Å². The minimum atomic E-state index is -0.0842. The molecule has 0 aliphatic heterocycles. The quantitative estimate of drug-likeness (QED) is 0.736. The Balaban J connectivity index is 1.99. The van der Waals surface area contributed by atoms with Gasteiger partial charge in [0, 0.05) is 11.6 Å². The second-order valence-corrected chi connectivity index (χ2v) is 6.00. The van der Waals surface area contributed by atoms with Crippen LogP contribution in [0.3, 0.4) is 0 Å². The normalized spacial score (nSPS) is 10.7. The van der Waals surface area contributed by atoms with Crippen LogP contribution in [-0.2, 0) is 6.54 Å². The van der Waals surface area contributed by atoms with Gasteiger partial charge >= 0.3 is 0 Å². The summed E-state index contributed by atoms with van der Waals surface area (Å²) < 4.78 is 1.53. The molecule has 1 aromatic heterocycles. The predicted octanol–water partition coefficient (Wildman–Crippen LogP) is 3.88. The van der Waals surface area contributed by atoms with Gasteiger partial charge in [0.2, 0.25) is 0 Å². The minimum absolute atomic E-state index is 0.0842. The highest BCUT2D eigenvalue weighted by molar-refractivity contribution is 5.60. The molecule has 2 aromatic carbocycles. The van der Waals surface area contributed by atoms with Crippen LogP contribution >= 0.6 is 0 Å². The van der Waals surface area contributed by atoms with Gasteiger partial charge in [-0.25, -0.2) is 4.68 Å². The molecule has 0 N–H and O–H groups in total. The first kappa shape index (κ1) is 15.2. The summed E-state index contributed by atoms with van der Waals surface area (Å²) in [6, 6.07) is 17.8. The number of aryl methyl sites for hydroxylation is 3. The maximum absolute atomic E-state index is 12.1. The standard InChI is InChI=1S/C20H20N2O/c1-14-5-4-6-17(11-14)13-22-20(23)10-9-19(21-22)18-8-7-15(2)16(3)12-18/h4-12H,13H2,1-3H3. The van der Waals surface area contributed by atoms with E-state index in [1.807, 2.05) is 31.2 Å². The molecule has 0 aliphatic carbocycles. The Labute approximate surface area is 136 Å². The van der Waals surface area contributed by atoms with Crippen molar-refractivity contribution in [1.29, 1.82) is 0 Å². The van der Waals surface area contributed by atoms with Crippen molar-refractivity contribution in [3.8, 4) is 11.3 Å². The second kappa shape index (κ2) is 6.21. The van der Waals surface area contributed by atoms with Crippen molar-refractivity contribution in [3.63, 3.8) is 0 Å². The van der Waals surface area contributed by atoms with Crippen molar-refractivity contribution in [2.24, 2.45) is 0 Å². The third kappa shape index (κ3) is 3.39. The summed E-state index contributed by atoms with van der Waals surface area (Å²) in [6.07, 6.45) is 0. The van der Waals surface area contributed by atoms with Gasteiger partial charge in [-0.2, -0.15) is 5.10 Å². The summed E-state index contributed by atoms with van der Waals surface area (Å²) in [6.45, 7) is 6.71. The van der Waals surface area contributed by atoms with Crippen LogP contribution in [0.25, 0.3) is 11.3 Å². The molecule has 0 bridgehead atoms. The van der Waals surface area contributed by atoms with Gasteiger partial charge in [-0.1, -0.05) is 42.0 Å². The van der Waals surface area contributed by atoms with Crippen LogP contribution in [0.15, 0.2) is 59.4 Å². The van der Waals surface area contributed by atoms with Gasteiger partial charge in [-0.15, -0.1) is 0 Å². The van der Waals surface area contributed by atoms with E-state index in [-0.39, 0.29) is 5.56 Å². The van der Waals surface area contributed by atoms with Crippen molar-refractivity contribution < 1.29 is 0 Å². The lowest BCUT2D eigenvalue weighted by molar-refractivity contribution is 0.642. The molecule has 0 spiro atoms. The first-order valence-corrected chi connectivity index (χ1v) is 7.74. The average Bonchev–Trinajstić information content (AvgIpc) is 2.52. The summed E-state index contributed by atoms with van der Waals surface area (Å²) in [5.74, 6) is 0. The van der Waals surface area contributed by atoms with Crippen LogP contribution in [-0.4, -0.2) is 9.78 Å². The highest BCUT2D eigenvalue weighted by Gasteiger charge is 2.05. The van der Waals surface area contributed by atoms with Gasteiger partial charge in [0.1, 0.15) is 0 Å². The first-order valence-electron chi connectivity index (χ1n) is 7.74. The fraction of sp³-hybridized carbons (Fsp3) is 0.200. The molecule has 3 nitrogen and oxygen atoms in total. The van der Waals surface area contributed by atoms with Gasteiger partial charge in [-0.3, -0.25) is 4.79 Å². The molecule has 0 fully saturated rings. The molecule has 0 unspecified atom stereocenters. The van der Waals surface area contributed by atoms with E-state index in [0.717, 1.165) is 16.8 Å². The molecule has 3 aromatic rings. The number of nitrogens with zero attached hydrogens (tertiary/aromatic N) is 2. The Hall–Kier alpha value is -2.68. The summed E-state index contributed by atoms with van der Waals surface area (Å²) in [5.41, 5.74) is 6.51. The van der Waals surface area contributed by atoms with E-state index in [0.29, 0.717) is 6.54 Å². The number of hydrogen-bond donors (Lipinski definition) is 0. The predicted molar refractivity (Wildman–Crippen MR) is 93.7 cm³/mol. The SMILES string of the molecule is Cc1cccc(Cn2nc(-c3ccc(C)c(C)c3)ccc2=O)c1. The van der Waals surface area contributed by atoms with Gasteiger partial charge in [0.05, 0.1) is 12.2 Å². The zero-order chi connectivity index (χ0) is 16.4. The summed E-state index contributed by atoms with van der Waals surface area (Å²) in [5, 5.41) is 4.54. The number of aromatic nitrogens is 2. The molecular weight excluding hydrogens is 284 g/mol. The summed E-state index contributed by atoms with van der Waals surface area (Å²) in [7, 11) is 0. The van der Waals surface area contributed by atoms with Crippen LogP contribution in [0, 0.1) is 20.8 Å². The lowest BCUT2D eigenvalue weighted by Gasteiger charge is -2.09. The Morgan fingerprint density at radius 3 is 2.48 bits per heavy atom. The minimum Gasteiger partial charge on any atom is -0.268 e. The summed E-state index contributed by atoms with van der Waals surface area (Å²) >= 11 is 0. The van der Waals surface area contributed by atoms with Gasteiger partial charge in [0.15, 0.2) is 0 Å². The molecule has 3 heteroatoms. The van der Waals surface area contributed by atoms with Gasteiger partial charge in [0.25, 0.3) is 5.56 Å². The van der Waals surface area contributed by atoms with Crippen LogP contribution in [0.2, 0.25) is 0 Å². The van der Waals surface area contributed by atoms with E-state index in [9.17, 15) is 4.79 Å². The van der Waals surface area contributed by atoms with Crippen molar-refractivity contribution >= 4 is 0 Å². The van der Waals surface area contributed by atoms with E-state index >= 15 is 0 Å². The molecule has 23 heavy (non-hydrogen) atoms. The third-order valence-corrected chi connectivity index (χ3v) is 4.08. The molecule has 0 amide bonds. The Kier molecular flexibility index (Phi) is 4.11. The number of hydrogen-bond acceptors (Lipinski definition) is 2. The Morgan fingerprint density at radius 1 is 0.913 bits per heavy atom. The van der Waals surface area contributed by atoms with E-state index in [2.05, 4.69) is 37.1 Å². The smallest absolute Gasteiger partial charge is 0.267 e. The van der Waals surface area contributed by atoms with E-state index in [1.165, 1.54) is 21.4 Å². The first-order chi connectivity index (χ1) is 11.0. The molecule has 1 heterocycles. The third-order valence-electron chi connectivity index (χ3n) is 4.08. The second-order valence-electron chi connectivity index (χ2n) is 6.00. The molecule has 0 atom stereocenters. The molecule has 3 rings (SSSR count). The highest BCUT2D eigenvalue weighted by Crippen LogP contribution is 2.19. The maximum Gasteiger partial charge on any atom is 0.267 e. The molecule has 0 saturated heterocycles. The number of benzene rings is 2. The van der Waals surface area contributed by atoms with Crippen LogP contribution in [0.5, 0.6) is 0 Å². The number of rotatable bonds is 3. The summed E-state index contributed by atoms with van der Waals surface area (Å²) in [4.78, 5) is 12.1. The molecular formula is C20H20N2O. The molecule has 0 radical (unpaired) electrons. The van der Waals surface area contributed by atoms with Crippen molar-refractivity contribution in [2.45, 2.75) is 27.3 Å². The van der Waals surface area contributed by atoms with E-state index in [4.69, 9.17) is 0 Å². The van der Waals surface area contributed by atoms with Crippen molar-refractivity contribution in [2.75, 3.05) is 0 Å². The monoisotopic (exact) mass is 304 g/mol. The molecule has 116 valence electrons. The Bertz CT molecular complexity index is 910. The lowest BCUT2D eigenvalue weighted by Crippen LogP contribution is -2.22. The van der Waals surface area contributed by atoms with E-state index < -0.39 is 0 Å². The van der Waals surface area contributed by atoms with Crippen molar-refractivity contribution in [3.05, 3.63) is 87.2 Å². The maximum atomic E-state index is 12.1. The fourth-order valence-electron chi connectivity index (χ4n) is 2.60. The zero-order valence-electron chi connectivity index (χ0n) is 13.7. The fourth-order valence-corrected chi connectivity index (χ4v) is 2.60. The van der Waals surface area contributed by atoms with Gasteiger partial charge < -0.3 is 0 Å². The van der Waals surface area contributed by atoms with Crippen LogP contribution < -0.4 is 5.56 Å². The topological polar surface area (TPSA) is 34.9 Å². The average molecular weight is 304 g/mol. The zero-order valence-corrected chi connectivity index (χ0v) is 13.7. The molecule has 0 saturated carbocycles. The highest BCUT2D eigenvalue weighted by atomic mass is 16.1.